The zero-order valence-electron chi connectivity index (χ0n) is 16.6. The van der Waals surface area contributed by atoms with E-state index in [0.29, 0.717) is 23.1 Å². The molecule has 2 saturated carbocycles. The van der Waals surface area contributed by atoms with Gasteiger partial charge < -0.3 is 10.2 Å². The molecule has 2 fully saturated rings. The third-order valence-electron chi connectivity index (χ3n) is 6.25. The molecule has 2 aromatic carbocycles. The van der Waals surface area contributed by atoms with Gasteiger partial charge in [-0.1, -0.05) is 68.9 Å². The standard InChI is InChI=1S/C13H16O2.C12H16O/c14-9-11-7-4-8-12(13(11)15)10-5-2-1-3-6-10;13-12-9-5-4-8-11(12)10-6-2-1-3-7-10/h4,7-10,15H,1-3,5-6H2;4-5,8-10,13H,1-3,6-7H2. The smallest absolute Gasteiger partial charge is 0.153 e. The van der Waals surface area contributed by atoms with Gasteiger partial charge in [-0.05, 0) is 60.8 Å². The Bertz CT molecular complexity index is 756. The Morgan fingerprint density at radius 3 is 1.79 bits per heavy atom. The first kappa shape index (κ1) is 20.4. The molecule has 0 radical (unpaired) electrons. The number of phenols is 2. The summed E-state index contributed by atoms with van der Waals surface area (Å²) in [6.07, 6.45) is 13.3. The van der Waals surface area contributed by atoms with Crippen molar-refractivity contribution in [3.63, 3.8) is 0 Å². The molecule has 4 rings (SSSR count). The average Bonchev–Trinajstić information content (AvgIpc) is 2.76. The van der Waals surface area contributed by atoms with E-state index >= 15 is 0 Å². The molecule has 0 bridgehead atoms. The summed E-state index contributed by atoms with van der Waals surface area (Å²) >= 11 is 0. The number of carbonyl (C=O) groups is 1. The fraction of sp³-hybridized carbons (Fsp3) is 0.480. The van der Waals surface area contributed by atoms with Crippen LogP contribution in [0.25, 0.3) is 0 Å². The Morgan fingerprint density at radius 1 is 0.679 bits per heavy atom. The molecule has 28 heavy (non-hydrogen) atoms. The van der Waals surface area contributed by atoms with E-state index in [2.05, 4.69) is 6.07 Å². The summed E-state index contributed by atoms with van der Waals surface area (Å²) in [5.74, 6) is 1.72. The van der Waals surface area contributed by atoms with Crippen LogP contribution in [0.15, 0.2) is 42.5 Å². The van der Waals surface area contributed by atoms with Crippen LogP contribution in [-0.2, 0) is 0 Å². The maximum absolute atomic E-state index is 10.7. The van der Waals surface area contributed by atoms with Crippen LogP contribution in [0.1, 0.15) is 97.5 Å². The highest BCUT2D eigenvalue weighted by Crippen LogP contribution is 2.38. The monoisotopic (exact) mass is 380 g/mol. The summed E-state index contributed by atoms with van der Waals surface area (Å²) < 4.78 is 0. The van der Waals surface area contributed by atoms with E-state index in [1.165, 1.54) is 51.4 Å². The van der Waals surface area contributed by atoms with Crippen molar-refractivity contribution in [3.8, 4) is 11.5 Å². The fourth-order valence-corrected chi connectivity index (χ4v) is 4.66. The molecule has 0 heterocycles. The molecule has 0 aromatic heterocycles. The second kappa shape index (κ2) is 10.3. The number of phenolic OH excluding ortho intramolecular Hbond substituents is 2. The Kier molecular flexibility index (Phi) is 7.53. The van der Waals surface area contributed by atoms with E-state index in [9.17, 15) is 15.0 Å². The maximum Gasteiger partial charge on any atom is 0.153 e. The molecule has 0 atom stereocenters. The summed E-state index contributed by atoms with van der Waals surface area (Å²) in [5, 5.41) is 19.6. The van der Waals surface area contributed by atoms with Crippen LogP contribution in [-0.4, -0.2) is 16.5 Å². The van der Waals surface area contributed by atoms with E-state index in [1.54, 1.807) is 12.1 Å². The third kappa shape index (κ3) is 5.15. The van der Waals surface area contributed by atoms with Crippen molar-refractivity contribution in [2.45, 2.75) is 76.0 Å². The van der Waals surface area contributed by atoms with Gasteiger partial charge in [0, 0.05) is 0 Å². The maximum atomic E-state index is 10.7. The summed E-state index contributed by atoms with van der Waals surface area (Å²) in [4.78, 5) is 10.7. The first-order chi connectivity index (χ1) is 13.7. The van der Waals surface area contributed by atoms with Gasteiger partial charge >= 0.3 is 0 Å². The summed E-state index contributed by atoms with van der Waals surface area (Å²) in [5.41, 5.74) is 2.53. The van der Waals surface area contributed by atoms with Gasteiger partial charge in [-0.25, -0.2) is 0 Å². The van der Waals surface area contributed by atoms with Crippen molar-refractivity contribution in [3.05, 3.63) is 59.2 Å². The van der Waals surface area contributed by atoms with E-state index in [0.717, 1.165) is 30.3 Å². The minimum absolute atomic E-state index is 0.194. The molecule has 3 heteroatoms. The topological polar surface area (TPSA) is 57.5 Å². The van der Waals surface area contributed by atoms with Crippen molar-refractivity contribution >= 4 is 6.29 Å². The lowest BCUT2D eigenvalue weighted by atomic mass is 9.83. The Morgan fingerprint density at radius 2 is 1.21 bits per heavy atom. The van der Waals surface area contributed by atoms with E-state index in [1.807, 2.05) is 24.3 Å². The van der Waals surface area contributed by atoms with Gasteiger partial charge in [-0.15, -0.1) is 0 Å². The molecule has 0 saturated heterocycles. The quantitative estimate of drug-likeness (QED) is 0.583. The van der Waals surface area contributed by atoms with Crippen LogP contribution in [0.5, 0.6) is 11.5 Å². The number of carbonyl (C=O) groups excluding carboxylic acids is 1. The highest BCUT2D eigenvalue weighted by molar-refractivity contribution is 5.80. The molecule has 0 amide bonds. The lowest BCUT2D eigenvalue weighted by Crippen LogP contribution is -2.05. The molecule has 150 valence electrons. The Labute approximate surface area is 168 Å². The van der Waals surface area contributed by atoms with Gasteiger partial charge in [0.15, 0.2) is 6.29 Å². The van der Waals surface area contributed by atoms with E-state index in [-0.39, 0.29) is 5.75 Å². The zero-order valence-corrected chi connectivity index (χ0v) is 16.6. The van der Waals surface area contributed by atoms with Gasteiger partial charge in [-0.2, -0.15) is 0 Å². The van der Waals surface area contributed by atoms with Gasteiger partial charge in [0.1, 0.15) is 11.5 Å². The van der Waals surface area contributed by atoms with E-state index < -0.39 is 0 Å². The molecular weight excluding hydrogens is 348 g/mol. The number of aromatic hydroxyl groups is 2. The minimum atomic E-state index is 0.194. The molecule has 2 aliphatic rings. The highest BCUT2D eigenvalue weighted by atomic mass is 16.3. The lowest BCUT2D eigenvalue weighted by molar-refractivity contribution is 0.112. The van der Waals surface area contributed by atoms with Crippen LogP contribution in [0.3, 0.4) is 0 Å². The van der Waals surface area contributed by atoms with Gasteiger partial charge in [0.2, 0.25) is 0 Å². The highest BCUT2D eigenvalue weighted by Gasteiger charge is 2.19. The first-order valence-electron chi connectivity index (χ1n) is 10.8. The predicted octanol–water partition coefficient (Wildman–Crippen LogP) is 6.69. The van der Waals surface area contributed by atoms with Crippen molar-refractivity contribution in [2.75, 3.05) is 0 Å². The summed E-state index contributed by atoms with van der Waals surface area (Å²) in [7, 11) is 0. The fourth-order valence-electron chi connectivity index (χ4n) is 4.66. The Hall–Kier alpha value is -2.29. The number of para-hydroxylation sites is 2. The van der Waals surface area contributed by atoms with Gasteiger partial charge in [-0.3, -0.25) is 4.79 Å². The summed E-state index contributed by atoms with van der Waals surface area (Å²) in [6, 6.07) is 13.2. The first-order valence-corrected chi connectivity index (χ1v) is 10.8. The van der Waals surface area contributed by atoms with Crippen molar-refractivity contribution in [1.82, 2.24) is 0 Å². The molecule has 0 unspecified atom stereocenters. The van der Waals surface area contributed by atoms with Crippen LogP contribution >= 0.6 is 0 Å². The van der Waals surface area contributed by atoms with Gasteiger partial charge in [0.25, 0.3) is 0 Å². The predicted molar refractivity (Wildman–Crippen MR) is 113 cm³/mol. The lowest BCUT2D eigenvalue weighted by Gasteiger charge is -2.23. The van der Waals surface area contributed by atoms with Crippen molar-refractivity contribution in [2.24, 2.45) is 0 Å². The molecule has 2 aromatic rings. The summed E-state index contributed by atoms with van der Waals surface area (Å²) in [6.45, 7) is 0. The number of hydrogen-bond acceptors (Lipinski definition) is 3. The van der Waals surface area contributed by atoms with Crippen LogP contribution < -0.4 is 0 Å². The Balaban J connectivity index is 0.000000162. The van der Waals surface area contributed by atoms with Gasteiger partial charge in [0.05, 0.1) is 5.56 Å². The van der Waals surface area contributed by atoms with Crippen molar-refractivity contribution in [1.29, 1.82) is 0 Å². The molecule has 2 N–H and O–H groups in total. The van der Waals surface area contributed by atoms with Crippen molar-refractivity contribution < 1.29 is 15.0 Å². The van der Waals surface area contributed by atoms with Crippen LogP contribution in [0.2, 0.25) is 0 Å². The average molecular weight is 381 g/mol. The third-order valence-corrected chi connectivity index (χ3v) is 6.25. The second-order valence-corrected chi connectivity index (χ2v) is 8.13. The SMILES string of the molecule is O=Cc1cccc(C2CCCCC2)c1O.Oc1ccccc1C1CCCCC1. The molecular formula is C25H32O3. The normalized spacial score (nSPS) is 18.1. The molecule has 3 nitrogen and oxygen atoms in total. The minimum Gasteiger partial charge on any atom is -0.508 e. The number of hydrogen-bond donors (Lipinski definition) is 2. The molecule has 0 aliphatic heterocycles. The number of rotatable bonds is 3. The molecule has 0 spiro atoms. The number of aldehydes is 1. The second-order valence-electron chi connectivity index (χ2n) is 8.13. The van der Waals surface area contributed by atoms with E-state index in [4.69, 9.17) is 0 Å². The molecule has 2 aliphatic carbocycles. The van der Waals surface area contributed by atoms with Crippen LogP contribution in [0.4, 0.5) is 0 Å². The zero-order chi connectivity index (χ0) is 19.8. The largest absolute Gasteiger partial charge is 0.508 e. The number of benzene rings is 2. The van der Waals surface area contributed by atoms with Crippen LogP contribution in [0, 0.1) is 0 Å².